The molecule has 3 aromatic rings. The van der Waals surface area contributed by atoms with Crippen molar-refractivity contribution >= 4 is 17.6 Å². The number of ether oxygens (including phenoxy) is 3. The Kier molecular flexibility index (Phi) is 6.42. The van der Waals surface area contributed by atoms with E-state index < -0.39 is 0 Å². The fourth-order valence-corrected chi connectivity index (χ4v) is 4.03. The van der Waals surface area contributed by atoms with E-state index in [1.807, 2.05) is 12.1 Å². The molecule has 0 spiro atoms. The summed E-state index contributed by atoms with van der Waals surface area (Å²) in [6.45, 7) is 0. The number of hydrogen-bond donors (Lipinski definition) is 0. The molecular formula is C23H23ClN2O5. The molecule has 0 amide bonds. The van der Waals surface area contributed by atoms with Crippen LogP contribution in [0.5, 0.6) is 11.5 Å². The summed E-state index contributed by atoms with van der Waals surface area (Å²) in [5.41, 5.74) is 3.21. The van der Waals surface area contributed by atoms with Crippen LogP contribution in [0.4, 0.5) is 0 Å². The molecule has 0 bridgehead atoms. The maximum atomic E-state index is 12.3. The third-order valence-corrected chi connectivity index (χ3v) is 5.58. The molecule has 1 unspecified atom stereocenters. The average Bonchev–Trinajstić information content (AvgIpc) is 3.26. The number of aryl methyl sites for hydroxylation is 2. The second-order valence-corrected chi connectivity index (χ2v) is 7.74. The molecule has 8 heteroatoms. The number of esters is 1. The number of carbonyl (C=O) groups excluding carboxylic acids is 1. The van der Waals surface area contributed by atoms with Crippen LogP contribution in [0.25, 0.3) is 11.4 Å². The summed E-state index contributed by atoms with van der Waals surface area (Å²) in [5, 5.41) is 4.36. The number of nitrogens with zero attached hydrogens (tertiary/aromatic N) is 2. The number of carbonyl (C=O) groups is 1. The highest BCUT2D eigenvalue weighted by Gasteiger charge is 2.22. The summed E-state index contributed by atoms with van der Waals surface area (Å²) >= 11 is 6.24. The molecule has 162 valence electrons. The highest BCUT2D eigenvalue weighted by molar-refractivity contribution is 6.32. The quantitative estimate of drug-likeness (QED) is 0.500. The van der Waals surface area contributed by atoms with Crippen molar-refractivity contribution in [3.8, 4) is 22.9 Å². The number of fused-ring (bicyclic) bond motifs is 1. The Morgan fingerprint density at radius 3 is 2.77 bits per heavy atom. The molecular weight excluding hydrogens is 420 g/mol. The van der Waals surface area contributed by atoms with E-state index >= 15 is 0 Å². The fourth-order valence-electron chi connectivity index (χ4n) is 3.74. The molecule has 0 saturated carbocycles. The van der Waals surface area contributed by atoms with Crippen molar-refractivity contribution < 1.29 is 23.5 Å². The van der Waals surface area contributed by atoms with Crippen LogP contribution in [0.2, 0.25) is 5.02 Å². The fraction of sp³-hybridized carbons (Fsp3) is 0.348. The van der Waals surface area contributed by atoms with Crippen molar-refractivity contribution in [1.82, 2.24) is 10.1 Å². The second-order valence-electron chi connectivity index (χ2n) is 7.33. The van der Waals surface area contributed by atoms with Crippen LogP contribution >= 0.6 is 11.6 Å². The van der Waals surface area contributed by atoms with Gasteiger partial charge in [-0.1, -0.05) is 41.0 Å². The van der Waals surface area contributed by atoms with Gasteiger partial charge in [0.25, 0.3) is 0 Å². The number of aromatic nitrogens is 2. The summed E-state index contributed by atoms with van der Waals surface area (Å²) in [4.78, 5) is 16.7. The summed E-state index contributed by atoms with van der Waals surface area (Å²) < 4.78 is 21.5. The Morgan fingerprint density at radius 2 is 2.00 bits per heavy atom. The maximum Gasteiger partial charge on any atom is 0.306 e. The Morgan fingerprint density at radius 1 is 1.19 bits per heavy atom. The van der Waals surface area contributed by atoms with E-state index in [2.05, 4.69) is 22.3 Å². The Hall–Kier alpha value is -3.06. The second kappa shape index (κ2) is 9.39. The van der Waals surface area contributed by atoms with Crippen LogP contribution in [0, 0.1) is 0 Å². The van der Waals surface area contributed by atoms with Crippen LogP contribution in [-0.2, 0) is 28.8 Å². The average molecular weight is 443 g/mol. The molecule has 0 saturated heterocycles. The van der Waals surface area contributed by atoms with Gasteiger partial charge in [-0.25, -0.2) is 0 Å². The summed E-state index contributed by atoms with van der Waals surface area (Å²) in [6, 6.07) is 11.7. The molecule has 0 fully saturated rings. The number of methoxy groups -OCH3 is 2. The lowest BCUT2D eigenvalue weighted by Crippen LogP contribution is -2.25. The molecule has 1 aliphatic carbocycles. The van der Waals surface area contributed by atoms with E-state index in [1.54, 1.807) is 12.1 Å². The van der Waals surface area contributed by atoms with Gasteiger partial charge >= 0.3 is 5.97 Å². The highest BCUT2D eigenvalue weighted by atomic mass is 35.5. The minimum atomic E-state index is -0.265. The summed E-state index contributed by atoms with van der Waals surface area (Å²) in [6.07, 6.45) is 2.91. The van der Waals surface area contributed by atoms with Crippen molar-refractivity contribution in [3.63, 3.8) is 0 Å². The minimum Gasteiger partial charge on any atom is -0.493 e. The van der Waals surface area contributed by atoms with E-state index in [1.165, 1.54) is 25.3 Å². The standard InChI is InChI=1S/C23H23ClN2O5/c1-28-19-13-16(12-18(24)22(19)29-2)23-25-20(31-26-23)9-10-21(27)30-17-8-7-14-5-3-4-6-15(14)11-17/h3-6,12-13,17H,7-11H2,1-2H3. The van der Waals surface area contributed by atoms with Crippen molar-refractivity contribution in [3.05, 3.63) is 58.4 Å². The predicted octanol–water partition coefficient (Wildman–Crippen LogP) is 4.44. The van der Waals surface area contributed by atoms with Crippen molar-refractivity contribution in [2.75, 3.05) is 14.2 Å². The van der Waals surface area contributed by atoms with Gasteiger partial charge in [-0.05, 0) is 36.1 Å². The van der Waals surface area contributed by atoms with Gasteiger partial charge in [-0.2, -0.15) is 4.98 Å². The Balaban J connectivity index is 1.34. The van der Waals surface area contributed by atoms with Crippen LogP contribution < -0.4 is 9.47 Å². The number of benzene rings is 2. The third-order valence-electron chi connectivity index (χ3n) is 5.30. The van der Waals surface area contributed by atoms with E-state index in [0.717, 1.165) is 19.3 Å². The first-order valence-electron chi connectivity index (χ1n) is 10.1. The zero-order chi connectivity index (χ0) is 21.8. The van der Waals surface area contributed by atoms with Gasteiger partial charge < -0.3 is 18.7 Å². The van der Waals surface area contributed by atoms with Crippen LogP contribution in [0.1, 0.15) is 29.9 Å². The van der Waals surface area contributed by atoms with Crippen molar-refractivity contribution in [2.24, 2.45) is 0 Å². The Labute approximate surface area is 185 Å². The molecule has 7 nitrogen and oxygen atoms in total. The first-order valence-corrected chi connectivity index (χ1v) is 10.5. The molecule has 2 aromatic carbocycles. The van der Waals surface area contributed by atoms with Gasteiger partial charge in [0.05, 0.1) is 25.7 Å². The van der Waals surface area contributed by atoms with Crippen molar-refractivity contribution in [1.29, 1.82) is 0 Å². The monoisotopic (exact) mass is 442 g/mol. The molecule has 1 aromatic heterocycles. The predicted molar refractivity (Wildman–Crippen MR) is 115 cm³/mol. The summed E-state index contributed by atoms with van der Waals surface area (Å²) in [5.74, 6) is 1.35. The zero-order valence-corrected chi connectivity index (χ0v) is 18.1. The number of halogens is 1. The molecule has 1 aliphatic rings. The lowest BCUT2D eigenvalue weighted by Gasteiger charge is -2.24. The Bertz CT molecular complexity index is 1080. The number of hydrogen-bond acceptors (Lipinski definition) is 7. The first kappa shape index (κ1) is 21.2. The molecule has 0 N–H and O–H groups in total. The van der Waals surface area contributed by atoms with E-state index in [0.29, 0.717) is 40.2 Å². The van der Waals surface area contributed by atoms with Gasteiger partial charge in [-0.15, -0.1) is 0 Å². The lowest BCUT2D eigenvalue weighted by atomic mass is 9.90. The van der Waals surface area contributed by atoms with Crippen molar-refractivity contribution in [2.45, 2.75) is 38.2 Å². The van der Waals surface area contributed by atoms with Gasteiger partial charge in [0.1, 0.15) is 6.10 Å². The van der Waals surface area contributed by atoms with Gasteiger partial charge in [0.2, 0.25) is 11.7 Å². The lowest BCUT2D eigenvalue weighted by molar-refractivity contribution is -0.149. The first-order chi connectivity index (χ1) is 15.1. The van der Waals surface area contributed by atoms with Gasteiger partial charge in [0.15, 0.2) is 11.5 Å². The number of rotatable bonds is 7. The zero-order valence-electron chi connectivity index (χ0n) is 17.4. The van der Waals surface area contributed by atoms with Crippen LogP contribution in [-0.4, -0.2) is 36.4 Å². The van der Waals surface area contributed by atoms with E-state index in [4.69, 9.17) is 30.3 Å². The topological polar surface area (TPSA) is 83.7 Å². The molecule has 4 rings (SSSR count). The van der Waals surface area contributed by atoms with E-state index in [9.17, 15) is 4.79 Å². The van der Waals surface area contributed by atoms with E-state index in [-0.39, 0.29) is 18.5 Å². The maximum absolute atomic E-state index is 12.3. The molecule has 0 aliphatic heterocycles. The minimum absolute atomic E-state index is 0.0884. The summed E-state index contributed by atoms with van der Waals surface area (Å²) in [7, 11) is 3.04. The third kappa shape index (κ3) is 4.82. The van der Waals surface area contributed by atoms with Crippen LogP contribution in [0.3, 0.4) is 0 Å². The normalized spacial score (nSPS) is 15.3. The highest BCUT2D eigenvalue weighted by Crippen LogP contribution is 2.38. The van der Waals surface area contributed by atoms with Gasteiger partial charge in [0, 0.05) is 18.4 Å². The molecule has 1 heterocycles. The molecule has 0 radical (unpaired) electrons. The molecule has 31 heavy (non-hydrogen) atoms. The SMILES string of the molecule is COc1cc(-c2noc(CCC(=O)OC3CCc4ccccc4C3)n2)cc(Cl)c1OC. The van der Waals surface area contributed by atoms with Crippen LogP contribution in [0.15, 0.2) is 40.9 Å². The largest absolute Gasteiger partial charge is 0.493 e. The smallest absolute Gasteiger partial charge is 0.306 e. The van der Waals surface area contributed by atoms with Gasteiger partial charge in [-0.3, -0.25) is 4.79 Å². The molecule has 1 atom stereocenters.